The Bertz CT molecular complexity index is 1370. The van der Waals surface area contributed by atoms with Crippen molar-refractivity contribution < 1.29 is 18.3 Å². The Morgan fingerprint density at radius 1 is 0.583 bits per heavy atom. The van der Waals surface area contributed by atoms with Crippen molar-refractivity contribution in [3.63, 3.8) is 0 Å². The highest BCUT2D eigenvalue weighted by Gasteiger charge is 2.57. The van der Waals surface area contributed by atoms with Gasteiger partial charge in [0.25, 0.3) is 0 Å². The highest BCUT2D eigenvalue weighted by molar-refractivity contribution is 6.30. The van der Waals surface area contributed by atoms with Crippen LogP contribution in [0.25, 0.3) is 0 Å². The van der Waals surface area contributed by atoms with Crippen molar-refractivity contribution in [3.8, 4) is 11.5 Å². The standard InChI is InChI=1S/C28H22Cl2O6/c1-33-25-19(31)11-13-35-27(25)23-21(15-3-7-17(29)8-4-15)24(22(23)16-5-9-18(30)10-6-16)28-26(34-2)20(32)12-14-36-28/h3-14,21-24H,1-2H3. The molecule has 0 saturated heterocycles. The molecule has 2 aromatic carbocycles. The van der Waals surface area contributed by atoms with Gasteiger partial charge in [0.05, 0.1) is 26.7 Å². The van der Waals surface area contributed by atoms with Gasteiger partial charge in [0.2, 0.25) is 22.4 Å². The predicted molar refractivity (Wildman–Crippen MR) is 137 cm³/mol. The molecule has 8 heteroatoms. The van der Waals surface area contributed by atoms with E-state index in [1.54, 1.807) is 24.3 Å². The molecule has 0 amide bonds. The lowest BCUT2D eigenvalue weighted by molar-refractivity contribution is 0.161. The van der Waals surface area contributed by atoms with E-state index in [2.05, 4.69) is 0 Å². The van der Waals surface area contributed by atoms with Crippen molar-refractivity contribution in [2.45, 2.75) is 23.7 Å². The van der Waals surface area contributed by atoms with Crippen LogP contribution in [0.1, 0.15) is 46.3 Å². The summed E-state index contributed by atoms with van der Waals surface area (Å²) in [5.74, 6) is -0.0889. The second-order valence-electron chi connectivity index (χ2n) is 8.57. The second kappa shape index (κ2) is 9.88. The summed E-state index contributed by atoms with van der Waals surface area (Å²) < 4.78 is 22.9. The zero-order valence-corrected chi connectivity index (χ0v) is 21.0. The zero-order chi connectivity index (χ0) is 25.4. The first-order chi connectivity index (χ1) is 17.4. The SMILES string of the molecule is COc1c(C2C(c3ccc(Cl)cc3)C(c3occc(=O)c3OC)C2c2ccc(Cl)cc2)occc1=O. The Kier molecular flexibility index (Phi) is 6.65. The largest absolute Gasteiger partial charge is 0.490 e. The lowest BCUT2D eigenvalue weighted by Crippen LogP contribution is -2.41. The Morgan fingerprint density at radius 3 is 1.28 bits per heavy atom. The smallest absolute Gasteiger partial charge is 0.227 e. The number of ether oxygens (including phenoxy) is 2. The topological polar surface area (TPSA) is 78.9 Å². The summed E-state index contributed by atoms with van der Waals surface area (Å²) in [6, 6.07) is 17.6. The molecule has 0 radical (unpaired) electrons. The van der Waals surface area contributed by atoms with Crippen molar-refractivity contribution >= 4 is 23.2 Å². The molecule has 36 heavy (non-hydrogen) atoms. The Labute approximate surface area is 217 Å². The van der Waals surface area contributed by atoms with Gasteiger partial charge in [-0.05, 0) is 35.4 Å². The third-order valence-corrected chi connectivity index (χ3v) is 7.30. The molecule has 0 N–H and O–H groups in total. The maximum Gasteiger partial charge on any atom is 0.227 e. The average molecular weight is 525 g/mol. The first-order valence-corrected chi connectivity index (χ1v) is 12.0. The molecule has 1 aliphatic carbocycles. The molecule has 1 saturated carbocycles. The highest BCUT2D eigenvalue weighted by atomic mass is 35.5. The van der Waals surface area contributed by atoms with Crippen LogP contribution in [0.3, 0.4) is 0 Å². The summed E-state index contributed by atoms with van der Waals surface area (Å²) in [5.41, 5.74) is 1.30. The van der Waals surface area contributed by atoms with Crippen LogP contribution in [0, 0.1) is 0 Å². The van der Waals surface area contributed by atoms with Gasteiger partial charge >= 0.3 is 0 Å². The summed E-state index contributed by atoms with van der Waals surface area (Å²) in [5, 5.41) is 1.18. The predicted octanol–water partition coefficient (Wildman–Crippen LogP) is 6.37. The van der Waals surface area contributed by atoms with Crippen LogP contribution in [0.15, 0.2) is 91.6 Å². The van der Waals surface area contributed by atoms with E-state index in [9.17, 15) is 9.59 Å². The zero-order valence-electron chi connectivity index (χ0n) is 19.4. The minimum absolute atomic E-state index is 0.139. The second-order valence-corrected chi connectivity index (χ2v) is 9.44. The fourth-order valence-corrected chi connectivity index (χ4v) is 5.55. The number of hydrogen-bond donors (Lipinski definition) is 0. The lowest BCUT2D eigenvalue weighted by atomic mass is 9.51. The van der Waals surface area contributed by atoms with E-state index in [0.717, 1.165) is 11.1 Å². The molecule has 2 aromatic heterocycles. The van der Waals surface area contributed by atoms with Gasteiger partial charge in [-0.25, -0.2) is 0 Å². The average Bonchev–Trinajstić information content (AvgIpc) is 2.86. The molecule has 0 bridgehead atoms. The van der Waals surface area contributed by atoms with Crippen LogP contribution >= 0.6 is 23.2 Å². The molecule has 6 nitrogen and oxygen atoms in total. The van der Waals surface area contributed by atoms with E-state index in [-0.39, 0.29) is 46.0 Å². The van der Waals surface area contributed by atoms with Crippen LogP contribution in [-0.4, -0.2) is 14.2 Å². The van der Waals surface area contributed by atoms with Crippen molar-refractivity contribution in [1.29, 1.82) is 0 Å². The van der Waals surface area contributed by atoms with Gasteiger partial charge in [0.1, 0.15) is 0 Å². The van der Waals surface area contributed by atoms with Crippen LogP contribution in [0.4, 0.5) is 0 Å². The van der Waals surface area contributed by atoms with Gasteiger partial charge in [-0.15, -0.1) is 0 Å². The minimum Gasteiger partial charge on any atom is -0.490 e. The normalized spacial score (nSPS) is 21.0. The van der Waals surface area contributed by atoms with Gasteiger partial charge in [0, 0.05) is 45.8 Å². The molecule has 0 atom stereocenters. The van der Waals surface area contributed by atoms with Crippen molar-refractivity contribution in [1.82, 2.24) is 0 Å². The summed E-state index contributed by atoms with van der Waals surface area (Å²) in [4.78, 5) is 25.4. The molecule has 0 unspecified atom stereocenters. The Morgan fingerprint density at radius 2 is 0.944 bits per heavy atom. The number of rotatable bonds is 6. The molecular weight excluding hydrogens is 503 g/mol. The third kappa shape index (κ3) is 4.10. The maximum atomic E-state index is 12.7. The highest BCUT2D eigenvalue weighted by Crippen LogP contribution is 2.68. The Balaban J connectivity index is 1.78. The van der Waals surface area contributed by atoms with Crippen molar-refractivity contribution in [2.24, 2.45) is 0 Å². The molecule has 4 aromatic rings. The maximum absolute atomic E-state index is 12.7. The Hall–Kier alpha value is -3.48. The molecule has 1 aliphatic rings. The van der Waals surface area contributed by atoms with E-state index in [4.69, 9.17) is 41.5 Å². The summed E-state index contributed by atoms with van der Waals surface area (Å²) >= 11 is 12.4. The first-order valence-electron chi connectivity index (χ1n) is 11.3. The number of benzene rings is 2. The van der Waals surface area contributed by atoms with Gasteiger partial charge in [-0.1, -0.05) is 47.5 Å². The summed E-state index contributed by atoms with van der Waals surface area (Å²) in [6.45, 7) is 0. The van der Waals surface area contributed by atoms with Gasteiger partial charge < -0.3 is 18.3 Å². The van der Waals surface area contributed by atoms with Gasteiger partial charge in [-0.2, -0.15) is 0 Å². The molecule has 1 fully saturated rings. The molecule has 184 valence electrons. The molecule has 0 spiro atoms. The fraction of sp³-hybridized carbons (Fsp3) is 0.214. The van der Waals surface area contributed by atoms with E-state index < -0.39 is 0 Å². The third-order valence-electron chi connectivity index (χ3n) is 6.80. The van der Waals surface area contributed by atoms with Crippen LogP contribution in [-0.2, 0) is 0 Å². The summed E-state index contributed by atoms with van der Waals surface area (Å²) in [6.07, 6.45) is 2.74. The quantitative estimate of drug-likeness (QED) is 0.291. The van der Waals surface area contributed by atoms with E-state index in [1.165, 1.54) is 38.9 Å². The van der Waals surface area contributed by atoms with Crippen LogP contribution in [0.5, 0.6) is 11.5 Å². The molecule has 0 aliphatic heterocycles. The molecular formula is C28H22Cl2O6. The van der Waals surface area contributed by atoms with Crippen LogP contribution in [0.2, 0.25) is 10.0 Å². The first kappa shape index (κ1) is 24.2. The molecule has 2 heterocycles. The van der Waals surface area contributed by atoms with E-state index >= 15 is 0 Å². The summed E-state index contributed by atoms with van der Waals surface area (Å²) in [7, 11) is 2.89. The van der Waals surface area contributed by atoms with Gasteiger partial charge in [0.15, 0.2) is 11.5 Å². The lowest BCUT2D eigenvalue weighted by Gasteiger charge is -2.51. The molecule has 5 rings (SSSR count). The van der Waals surface area contributed by atoms with Crippen LogP contribution < -0.4 is 20.3 Å². The number of methoxy groups -OCH3 is 2. The van der Waals surface area contributed by atoms with Gasteiger partial charge in [-0.3, -0.25) is 9.59 Å². The minimum atomic E-state index is -0.337. The number of halogens is 2. The monoisotopic (exact) mass is 524 g/mol. The fourth-order valence-electron chi connectivity index (χ4n) is 5.30. The van der Waals surface area contributed by atoms with E-state index in [1.807, 2.05) is 24.3 Å². The van der Waals surface area contributed by atoms with Crippen molar-refractivity contribution in [3.05, 3.63) is 126 Å². The van der Waals surface area contributed by atoms with Crippen molar-refractivity contribution in [2.75, 3.05) is 14.2 Å². The van der Waals surface area contributed by atoms with E-state index in [0.29, 0.717) is 21.6 Å². The number of hydrogen-bond acceptors (Lipinski definition) is 6.